The summed E-state index contributed by atoms with van der Waals surface area (Å²) < 4.78 is 0. The van der Waals surface area contributed by atoms with Gasteiger partial charge in [0.1, 0.15) is 11.0 Å². The highest BCUT2D eigenvalue weighted by Gasteiger charge is 2.09. The predicted molar refractivity (Wildman–Crippen MR) is 78.9 cm³/mol. The van der Waals surface area contributed by atoms with Gasteiger partial charge in [-0.25, -0.2) is 4.98 Å². The number of pyridine rings is 1. The lowest BCUT2D eigenvalue weighted by Gasteiger charge is -2.18. The number of nitrogens with one attached hydrogen (secondary N) is 2. The molecular formula is C13H21ClN4O. The molecule has 0 aliphatic heterocycles. The Morgan fingerprint density at radius 2 is 2.05 bits per heavy atom. The molecule has 0 aliphatic rings. The van der Waals surface area contributed by atoms with E-state index in [4.69, 9.17) is 11.6 Å². The van der Waals surface area contributed by atoms with Gasteiger partial charge in [0.25, 0.3) is 5.91 Å². The minimum atomic E-state index is -0.132. The first-order valence-corrected chi connectivity index (χ1v) is 6.84. The number of likely N-dealkylation sites (N-methyl/N-ethyl adjacent to an activating group) is 1. The van der Waals surface area contributed by atoms with Gasteiger partial charge in [-0.2, -0.15) is 0 Å². The zero-order chi connectivity index (χ0) is 14.3. The molecule has 1 aromatic rings. The standard InChI is InChI=1S/C13H21ClN4O/c1-4-18(5-2)7-6-16-13(19)10-8-11(14)17-12(9-10)15-3/h8-9H,4-7H2,1-3H3,(H,15,17)(H,16,19). The molecule has 0 bridgehead atoms. The lowest BCUT2D eigenvalue weighted by atomic mass is 10.2. The molecule has 0 saturated carbocycles. The van der Waals surface area contributed by atoms with Crippen molar-refractivity contribution in [3.05, 3.63) is 22.8 Å². The van der Waals surface area contributed by atoms with Gasteiger partial charge in [0.15, 0.2) is 0 Å². The van der Waals surface area contributed by atoms with E-state index in [-0.39, 0.29) is 5.91 Å². The first kappa shape index (κ1) is 15.7. The Morgan fingerprint density at radius 1 is 1.37 bits per heavy atom. The van der Waals surface area contributed by atoms with E-state index in [1.165, 1.54) is 0 Å². The fraction of sp³-hybridized carbons (Fsp3) is 0.538. The van der Waals surface area contributed by atoms with Gasteiger partial charge in [-0.1, -0.05) is 25.4 Å². The molecule has 0 fully saturated rings. The third-order valence-corrected chi connectivity index (χ3v) is 3.11. The van der Waals surface area contributed by atoms with Crippen molar-refractivity contribution < 1.29 is 4.79 Å². The molecular weight excluding hydrogens is 264 g/mol. The van der Waals surface area contributed by atoms with Crippen molar-refractivity contribution in [1.82, 2.24) is 15.2 Å². The molecule has 0 radical (unpaired) electrons. The molecule has 0 saturated heterocycles. The molecule has 1 amide bonds. The highest BCUT2D eigenvalue weighted by atomic mass is 35.5. The molecule has 19 heavy (non-hydrogen) atoms. The van der Waals surface area contributed by atoms with Crippen molar-refractivity contribution in [2.24, 2.45) is 0 Å². The van der Waals surface area contributed by atoms with Gasteiger partial charge in [-0.05, 0) is 25.2 Å². The lowest BCUT2D eigenvalue weighted by molar-refractivity contribution is 0.0949. The van der Waals surface area contributed by atoms with Crippen LogP contribution in [0.15, 0.2) is 12.1 Å². The maximum absolute atomic E-state index is 12.0. The number of hydrogen-bond acceptors (Lipinski definition) is 4. The van der Waals surface area contributed by atoms with Gasteiger partial charge in [-0.15, -0.1) is 0 Å². The van der Waals surface area contributed by atoms with Crippen molar-refractivity contribution >= 4 is 23.3 Å². The highest BCUT2D eigenvalue weighted by Crippen LogP contribution is 2.13. The van der Waals surface area contributed by atoms with Crippen molar-refractivity contribution in [2.45, 2.75) is 13.8 Å². The molecule has 2 N–H and O–H groups in total. The van der Waals surface area contributed by atoms with Crippen LogP contribution in [-0.4, -0.2) is 49.0 Å². The van der Waals surface area contributed by atoms with E-state index in [9.17, 15) is 4.79 Å². The SMILES string of the molecule is CCN(CC)CCNC(=O)c1cc(Cl)nc(NC)c1. The number of nitrogens with zero attached hydrogens (tertiary/aromatic N) is 2. The van der Waals surface area contributed by atoms with Gasteiger partial charge in [-0.3, -0.25) is 4.79 Å². The third kappa shape index (κ3) is 5.04. The summed E-state index contributed by atoms with van der Waals surface area (Å²) >= 11 is 5.86. The van der Waals surface area contributed by atoms with Gasteiger partial charge >= 0.3 is 0 Å². The second-order valence-corrected chi connectivity index (χ2v) is 4.48. The molecule has 0 atom stereocenters. The van der Waals surface area contributed by atoms with Crippen LogP contribution >= 0.6 is 11.6 Å². The molecule has 1 aromatic heterocycles. The average molecular weight is 285 g/mol. The Kier molecular flexibility index (Phi) is 6.59. The van der Waals surface area contributed by atoms with E-state index in [0.717, 1.165) is 19.6 Å². The van der Waals surface area contributed by atoms with E-state index in [0.29, 0.717) is 23.1 Å². The molecule has 5 nitrogen and oxygen atoms in total. The number of amides is 1. The lowest BCUT2D eigenvalue weighted by Crippen LogP contribution is -2.34. The predicted octanol–water partition coefficient (Wildman–Crippen LogP) is 1.85. The largest absolute Gasteiger partial charge is 0.373 e. The average Bonchev–Trinajstić information content (AvgIpc) is 2.42. The summed E-state index contributed by atoms with van der Waals surface area (Å²) in [4.78, 5) is 18.3. The fourth-order valence-electron chi connectivity index (χ4n) is 1.73. The third-order valence-electron chi connectivity index (χ3n) is 2.92. The van der Waals surface area contributed by atoms with Gasteiger partial charge in [0.2, 0.25) is 0 Å². The van der Waals surface area contributed by atoms with Crippen LogP contribution in [0.1, 0.15) is 24.2 Å². The summed E-state index contributed by atoms with van der Waals surface area (Å²) in [5, 5.41) is 6.06. The quantitative estimate of drug-likeness (QED) is 0.750. The van der Waals surface area contributed by atoms with E-state index in [1.54, 1.807) is 19.2 Å². The number of aromatic nitrogens is 1. The zero-order valence-electron chi connectivity index (χ0n) is 11.7. The van der Waals surface area contributed by atoms with Crippen molar-refractivity contribution in [3.8, 4) is 0 Å². The number of rotatable bonds is 7. The van der Waals surface area contributed by atoms with E-state index in [1.807, 2.05) is 0 Å². The Morgan fingerprint density at radius 3 is 2.63 bits per heavy atom. The topological polar surface area (TPSA) is 57.3 Å². The van der Waals surface area contributed by atoms with Crippen LogP contribution in [0.25, 0.3) is 0 Å². The van der Waals surface area contributed by atoms with Gasteiger partial charge in [0, 0.05) is 25.7 Å². The normalized spacial score (nSPS) is 10.6. The summed E-state index contributed by atoms with van der Waals surface area (Å²) in [6, 6.07) is 3.24. The Labute approximate surface area is 119 Å². The summed E-state index contributed by atoms with van der Waals surface area (Å²) in [6.45, 7) is 7.64. The monoisotopic (exact) mass is 284 g/mol. The number of halogens is 1. The molecule has 0 spiro atoms. The maximum atomic E-state index is 12.0. The summed E-state index contributed by atoms with van der Waals surface area (Å²) in [6.07, 6.45) is 0. The second-order valence-electron chi connectivity index (χ2n) is 4.10. The number of hydrogen-bond donors (Lipinski definition) is 2. The van der Waals surface area contributed by atoms with Crippen LogP contribution in [-0.2, 0) is 0 Å². The smallest absolute Gasteiger partial charge is 0.251 e. The first-order valence-electron chi connectivity index (χ1n) is 6.46. The van der Waals surface area contributed by atoms with Crippen molar-refractivity contribution in [3.63, 3.8) is 0 Å². The van der Waals surface area contributed by atoms with E-state index in [2.05, 4.69) is 34.4 Å². The summed E-state index contributed by atoms with van der Waals surface area (Å²) in [7, 11) is 1.74. The maximum Gasteiger partial charge on any atom is 0.251 e. The van der Waals surface area contributed by atoms with E-state index < -0.39 is 0 Å². The molecule has 1 rings (SSSR count). The van der Waals surface area contributed by atoms with Gasteiger partial charge < -0.3 is 15.5 Å². The van der Waals surface area contributed by atoms with Crippen LogP contribution < -0.4 is 10.6 Å². The van der Waals surface area contributed by atoms with Crippen molar-refractivity contribution in [2.75, 3.05) is 38.5 Å². The Bertz CT molecular complexity index is 421. The van der Waals surface area contributed by atoms with Crippen molar-refractivity contribution in [1.29, 1.82) is 0 Å². The Hall–Kier alpha value is -1.33. The van der Waals surface area contributed by atoms with Gasteiger partial charge in [0.05, 0.1) is 0 Å². The molecule has 106 valence electrons. The Balaban J connectivity index is 2.56. The summed E-state index contributed by atoms with van der Waals surface area (Å²) in [5.74, 6) is 0.453. The zero-order valence-corrected chi connectivity index (χ0v) is 12.4. The molecule has 0 aliphatic carbocycles. The molecule has 1 heterocycles. The molecule has 0 unspecified atom stereocenters. The first-order chi connectivity index (χ1) is 9.10. The van der Waals surface area contributed by atoms with Crippen LogP contribution in [0.5, 0.6) is 0 Å². The number of carbonyl (C=O) groups is 1. The van der Waals surface area contributed by atoms with Crippen LogP contribution in [0, 0.1) is 0 Å². The highest BCUT2D eigenvalue weighted by molar-refractivity contribution is 6.29. The molecule has 0 aromatic carbocycles. The number of anilines is 1. The second kappa shape index (κ2) is 7.96. The van der Waals surface area contributed by atoms with Crippen LogP contribution in [0.2, 0.25) is 5.15 Å². The molecule has 6 heteroatoms. The fourth-order valence-corrected chi connectivity index (χ4v) is 1.93. The summed E-state index contributed by atoms with van der Waals surface area (Å²) in [5.41, 5.74) is 0.517. The van der Waals surface area contributed by atoms with E-state index >= 15 is 0 Å². The number of carbonyl (C=O) groups excluding carboxylic acids is 1. The van der Waals surface area contributed by atoms with Crippen LogP contribution in [0.4, 0.5) is 5.82 Å². The van der Waals surface area contributed by atoms with Crippen LogP contribution in [0.3, 0.4) is 0 Å². The minimum absolute atomic E-state index is 0.132. The minimum Gasteiger partial charge on any atom is -0.373 e.